The molecule has 2 nitrogen and oxygen atoms in total. The fraction of sp³-hybridized carbons (Fsp3) is 0. The van der Waals surface area contributed by atoms with E-state index in [9.17, 15) is 4.39 Å². The Morgan fingerprint density at radius 3 is 2.78 bits per heavy atom. The molecule has 0 fully saturated rings. The molecule has 0 radical (unpaired) electrons. The summed E-state index contributed by atoms with van der Waals surface area (Å²) in [4.78, 5) is 4.11. The molecule has 4 heteroatoms. The van der Waals surface area contributed by atoms with Crippen LogP contribution in [0.5, 0.6) is 0 Å². The number of nitriles is 1. The Morgan fingerprint density at radius 2 is 2.17 bits per heavy atom. The van der Waals surface area contributed by atoms with Crippen LogP contribution in [0.2, 0.25) is 0 Å². The van der Waals surface area contributed by atoms with Crippen molar-refractivity contribution in [3.63, 3.8) is 0 Å². The second-order valence-electron chi connectivity index (χ2n) is 3.56. The summed E-state index contributed by atoms with van der Waals surface area (Å²) < 4.78 is 13.5. The highest BCUT2D eigenvalue weighted by Crippen LogP contribution is 2.20. The number of hydrogen-bond acceptors (Lipinski definition) is 2. The molecule has 1 aromatic carbocycles. The molecule has 0 saturated heterocycles. The third-order valence-electron chi connectivity index (χ3n) is 2.32. The fourth-order valence-electron chi connectivity index (χ4n) is 1.45. The highest BCUT2D eigenvalue weighted by Gasteiger charge is 2.03. The minimum absolute atomic E-state index is 0.330. The van der Waals surface area contributed by atoms with E-state index in [0.29, 0.717) is 15.7 Å². The first-order valence-electron chi connectivity index (χ1n) is 5.19. The van der Waals surface area contributed by atoms with Crippen molar-refractivity contribution in [1.82, 2.24) is 4.98 Å². The number of pyridine rings is 1. The molecule has 0 atom stereocenters. The van der Waals surface area contributed by atoms with Crippen molar-refractivity contribution in [2.75, 3.05) is 0 Å². The van der Waals surface area contributed by atoms with Gasteiger partial charge in [-0.25, -0.2) is 4.39 Å². The average molecular weight is 303 g/mol. The minimum atomic E-state index is -0.330. The first-order valence-corrected chi connectivity index (χ1v) is 5.98. The SMILES string of the molecule is N#CC(=Cc1ccc(F)c(Br)c1)c1ccccn1. The van der Waals surface area contributed by atoms with E-state index in [2.05, 4.69) is 27.0 Å². The molecule has 0 amide bonds. The van der Waals surface area contributed by atoms with Gasteiger partial charge in [-0.3, -0.25) is 4.98 Å². The maximum absolute atomic E-state index is 13.1. The first-order chi connectivity index (χ1) is 8.70. The van der Waals surface area contributed by atoms with Gasteiger partial charge in [-0.2, -0.15) is 5.26 Å². The molecular weight excluding hydrogens is 295 g/mol. The van der Waals surface area contributed by atoms with Gasteiger partial charge >= 0.3 is 0 Å². The van der Waals surface area contributed by atoms with Gasteiger partial charge in [-0.05, 0) is 51.8 Å². The molecule has 2 rings (SSSR count). The Hall–Kier alpha value is -1.99. The van der Waals surface area contributed by atoms with Gasteiger partial charge in [-0.15, -0.1) is 0 Å². The van der Waals surface area contributed by atoms with Crippen LogP contribution in [0.1, 0.15) is 11.3 Å². The summed E-state index contributed by atoms with van der Waals surface area (Å²) in [5, 5.41) is 9.12. The summed E-state index contributed by atoms with van der Waals surface area (Å²) in [6.45, 7) is 0. The van der Waals surface area contributed by atoms with Gasteiger partial charge in [0.1, 0.15) is 11.9 Å². The smallest absolute Gasteiger partial charge is 0.137 e. The quantitative estimate of drug-likeness (QED) is 0.785. The standard InChI is InChI=1S/C14H8BrFN2/c15-12-8-10(4-5-13(12)16)7-11(9-17)14-3-1-2-6-18-14/h1-8H. The topological polar surface area (TPSA) is 36.7 Å². The van der Waals surface area contributed by atoms with E-state index in [-0.39, 0.29) is 5.82 Å². The van der Waals surface area contributed by atoms with E-state index in [1.807, 2.05) is 6.07 Å². The van der Waals surface area contributed by atoms with Crippen molar-refractivity contribution in [2.24, 2.45) is 0 Å². The zero-order valence-electron chi connectivity index (χ0n) is 9.27. The Bertz CT molecular complexity index is 630. The molecule has 88 valence electrons. The van der Waals surface area contributed by atoms with Crippen LogP contribution in [-0.2, 0) is 0 Å². The van der Waals surface area contributed by atoms with Crippen LogP contribution < -0.4 is 0 Å². The van der Waals surface area contributed by atoms with Crippen LogP contribution >= 0.6 is 15.9 Å². The van der Waals surface area contributed by atoms with Crippen LogP contribution in [-0.4, -0.2) is 4.98 Å². The lowest BCUT2D eigenvalue weighted by atomic mass is 10.1. The van der Waals surface area contributed by atoms with E-state index in [0.717, 1.165) is 5.56 Å². The molecule has 0 N–H and O–H groups in total. The second-order valence-corrected chi connectivity index (χ2v) is 4.41. The normalized spacial score (nSPS) is 11.1. The molecule has 1 heterocycles. The van der Waals surface area contributed by atoms with E-state index in [1.165, 1.54) is 6.07 Å². The zero-order chi connectivity index (χ0) is 13.0. The van der Waals surface area contributed by atoms with Gasteiger partial charge in [0.2, 0.25) is 0 Å². The summed E-state index contributed by atoms with van der Waals surface area (Å²) >= 11 is 3.11. The molecule has 0 saturated carbocycles. The van der Waals surface area contributed by atoms with Crippen LogP contribution in [0.3, 0.4) is 0 Å². The monoisotopic (exact) mass is 302 g/mol. The molecule has 0 unspecified atom stereocenters. The van der Waals surface area contributed by atoms with Crippen LogP contribution in [0, 0.1) is 17.1 Å². The highest BCUT2D eigenvalue weighted by atomic mass is 79.9. The summed E-state index contributed by atoms with van der Waals surface area (Å²) in [7, 11) is 0. The molecule has 0 bridgehead atoms. The maximum atomic E-state index is 13.1. The van der Waals surface area contributed by atoms with Gasteiger partial charge < -0.3 is 0 Å². The lowest BCUT2D eigenvalue weighted by Gasteiger charge is -2.00. The van der Waals surface area contributed by atoms with Crippen LogP contribution in [0.15, 0.2) is 47.1 Å². The number of hydrogen-bond donors (Lipinski definition) is 0. The third-order valence-corrected chi connectivity index (χ3v) is 2.92. The van der Waals surface area contributed by atoms with E-state index in [4.69, 9.17) is 5.26 Å². The Balaban J connectivity index is 2.42. The highest BCUT2D eigenvalue weighted by molar-refractivity contribution is 9.10. The van der Waals surface area contributed by atoms with Crippen molar-refractivity contribution >= 4 is 27.6 Å². The van der Waals surface area contributed by atoms with E-state index in [1.54, 1.807) is 36.5 Å². The lowest BCUT2D eigenvalue weighted by molar-refractivity contribution is 0.621. The molecule has 2 aromatic rings. The maximum Gasteiger partial charge on any atom is 0.137 e. The predicted octanol–water partition coefficient (Wildman–Crippen LogP) is 4.05. The molecule has 0 aliphatic carbocycles. The summed E-state index contributed by atoms with van der Waals surface area (Å²) in [5.74, 6) is -0.330. The van der Waals surface area contributed by atoms with Crippen molar-refractivity contribution in [2.45, 2.75) is 0 Å². The largest absolute Gasteiger partial charge is 0.256 e. The van der Waals surface area contributed by atoms with E-state index >= 15 is 0 Å². The van der Waals surface area contributed by atoms with Gasteiger partial charge in [0.15, 0.2) is 0 Å². The number of halogens is 2. The molecule has 0 aliphatic heterocycles. The number of benzene rings is 1. The van der Waals surface area contributed by atoms with Crippen LogP contribution in [0.4, 0.5) is 4.39 Å². The number of aromatic nitrogens is 1. The molecular formula is C14H8BrFN2. The molecule has 0 spiro atoms. The molecule has 18 heavy (non-hydrogen) atoms. The number of nitrogens with zero attached hydrogens (tertiary/aromatic N) is 2. The zero-order valence-corrected chi connectivity index (χ0v) is 10.9. The van der Waals surface area contributed by atoms with Gasteiger partial charge in [0.05, 0.1) is 15.7 Å². The Labute approximate surface area is 113 Å². The summed E-state index contributed by atoms with van der Waals surface area (Å²) in [6, 6.07) is 12.0. The Morgan fingerprint density at radius 1 is 1.33 bits per heavy atom. The first kappa shape index (κ1) is 12.5. The molecule has 0 aliphatic rings. The summed E-state index contributed by atoms with van der Waals surface area (Å²) in [5.41, 5.74) is 1.78. The lowest BCUT2D eigenvalue weighted by Crippen LogP contribution is -1.86. The number of allylic oxidation sites excluding steroid dienone is 1. The van der Waals surface area contributed by atoms with Gasteiger partial charge in [-0.1, -0.05) is 12.1 Å². The van der Waals surface area contributed by atoms with Crippen molar-refractivity contribution in [3.8, 4) is 6.07 Å². The summed E-state index contributed by atoms with van der Waals surface area (Å²) in [6.07, 6.45) is 3.30. The van der Waals surface area contributed by atoms with Gasteiger partial charge in [0.25, 0.3) is 0 Å². The average Bonchev–Trinajstić information content (AvgIpc) is 2.41. The van der Waals surface area contributed by atoms with Crippen LogP contribution in [0.25, 0.3) is 11.6 Å². The fourth-order valence-corrected chi connectivity index (χ4v) is 1.85. The van der Waals surface area contributed by atoms with Crippen molar-refractivity contribution in [3.05, 3.63) is 64.1 Å². The van der Waals surface area contributed by atoms with Crippen molar-refractivity contribution < 1.29 is 4.39 Å². The van der Waals surface area contributed by atoms with Gasteiger partial charge in [0, 0.05) is 6.20 Å². The van der Waals surface area contributed by atoms with E-state index < -0.39 is 0 Å². The second kappa shape index (κ2) is 5.56. The third kappa shape index (κ3) is 2.82. The molecule has 1 aromatic heterocycles. The predicted molar refractivity (Wildman–Crippen MR) is 71.8 cm³/mol. The van der Waals surface area contributed by atoms with Crippen molar-refractivity contribution in [1.29, 1.82) is 5.26 Å². The minimum Gasteiger partial charge on any atom is -0.256 e. The Kier molecular flexibility index (Phi) is 3.85. The number of rotatable bonds is 2.